The molecule has 1 heterocycles. The number of nitrogens with zero attached hydrogens (tertiary/aromatic N) is 1. The number of carbonyl (C=O) groups excluding carboxylic acids is 1. The second-order valence-electron chi connectivity index (χ2n) is 5.45. The minimum Gasteiger partial charge on any atom is -0.468 e. The van der Waals surface area contributed by atoms with Gasteiger partial charge in [-0.2, -0.15) is 0 Å². The predicted molar refractivity (Wildman–Crippen MR) is 67.6 cm³/mol. The van der Waals surface area contributed by atoms with E-state index in [0.29, 0.717) is 6.54 Å². The molecule has 0 fully saturated rings. The van der Waals surface area contributed by atoms with E-state index in [1.54, 1.807) is 6.26 Å². The Labute approximate surface area is 103 Å². The lowest BCUT2D eigenvalue weighted by Gasteiger charge is -2.25. The molecule has 4 nitrogen and oxygen atoms in total. The summed E-state index contributed by atoms with van der Waals surface area (Å²) >= 11 is 0. The fraction of sp³-hybridized carbons (Fsp3) is 0.615. The summed E-state index contributed by atoms with van der Waals surface area (Å²) in [7, 11) is 3.94. The first kappa shape index (κ1) is 13.8. The molecule has 0 saturated carbocycles. The van der Waals surface area contributed by atoms with Crippen molar-refractivity contribution in [2.75, 3.05) is 20.6 Å². The van der Waals surface area contributed by atoms with Crippen LogP contribution in [0.3, 0.4) is 0 Å². The Hall–Kier alpha value is -1.29. The maximum atomic E-state index is 11.8. The van der Waals surface area contributed by atoms with Crippen molar-refractivity contribution >= 4 is 5.91 Å². The van der Waals surface area contributed by atoms with Gasteiger partial charge in [-0.1, -0.05) is 20.8 Å². The van der Waals surface area contributed by atoms with Crippen LogP contribution in [-0.2, 0) is 4.79 Å². The SMILES string of the molecule is CN(C)C(CNC(=O)C(C)(C)C)c1ccco1. The van der Waals surface area contributed by atoms with E-state index in [9.17, 15) is 4.79 Å². The minimum atomic E-state index is -0.361. The van der Waals surface area contributed by atoms with Gasteiger partial charge in [-0.05, 0) is 26.2 Å². The maximum Gasteiger partial charge on any atom is 0.225 e. The third kappa shape index (κ3) is 3.89. The van der Waals surface area contributed by atoms with Crippen molar-refractivity contribution in [2.24, 2.45) is 5.41 Å². The third-order valence-corrected chi connectivity index (χ3v) is 2.63. The van der Waals surface area contributed by atoms with Crippen LogP contribution in [-0.4, -0.2) is 31.4 Å². The molecule has 1 aromatic rings. The minimum absolute atomic E-state index is 0.0518. The largest absolute Gasteiger partial charge is 0.468 e. The van der Waals surface area contributed by atoms with Crippen LogP contribution < -0.4 is 5.32 Å². The van der Waals surface area contributed by atoms with Gasteiger partial charge in [0.1, 0.15) is 5.76 Å². The molecule has 1 N–H and O–H groups in total. The van der Waals surface area contributed by atoms with Gasteiger partial charge in [-0.25, -0.2) is 0 Å². The van der Waals surface area contributed by atoms with Crippen LogP contribution in [0.4, 0.5) is 0 Å². The van der Waals surface area contributed by atoms with Crippen molar-refractivity contribution in [3.05, 3.63) is 24.2 Å². The molecule has 0 spiro atoms. The molecule has 0 aliphatic carbocycles. The monoisotopic (exact) mass is 238 g/mol. The first-order valence-electron chi connectivity index (χ1n) is 5.80. The van der Waals surface area contributed by atoms with E-state index < -0.39 is 0 Å². The number of amides is 1. The molecule has 17 heavy (non-hydrogen) atoms. The highest BCUT2D eigenvalue weighted by atomic mass is 16.3. The predicted octanol–water partition coefficient (Wildman–Crippen LogP) is 2.04. The van der Waals surface area contributed by atoms with E-state index >= 15 is 0 Å². The summed E-state index contributed by atoms with van der Waals surface area (Å²) in [6.07, 6.45) is 1.65. The van der Waals surface area contributed by atoms with Crippen LogP contribution in [0.25, 0.3) is 0 Å². The Morgan fingerprint density at radius 1 is 1.47 bits per heavy atom. The molecule has 96 valence electrons. The fourth-order valence-corrected chi connectivity index (χ4v) is 1.47. The summed E-state index contributed by atoms with van der Waals surface area (Å²) < 4.78 is 5.38. The molecule has 0 saturated heterocycles. The molecule has 1 unspecified atom stereocenters. The quantitative estimate of drug-likeness (QED) is 0.873. The average molecular weight is 238 g/mol. The highest BCUT2D eigenvalue weighted by Gasteiger charge is 2.23. The molecule has 1 rings (SSSR count). The van der Waals surface area contributed by atoms with Gasteiger partial charge in [-0.3, -0.25) is 9.69 Å². The van der Waals surface area contributed by atoms with Gasteiger partial charge in [0.25, 0.3) is 0 Å². The fourth-order valence-electron chi connectivity index (χ4n) is 1.47. The number of hydrogen-bond donors (Lipinski definition) is 1. The number of nitrogens with one attached hydrogen (secondary N) is 1. The van der Waals surface area contributed by atoms with Crippen molar-refractivity contribution in [1.29, 1.82) is 0 Å². The number of hydrogen-bond acceptors (Lipinski definition) is 3. The summed E-state index contributed by atoms with van der Waals surface area (Å²) in [4.78, 5) is 13.8. The standard InChI is InChI=1S/C13H22N2O2/c1-13(2,3)12(16)14-9-10(15(4)5)11-7-6-8-17-11/h6-8,10H,9H2,1-5H3,(H,14,16). The van der Waals surface area contributed by atoms with Gasteiger partial charge in [0.2, 0.25) is 5.91 Å². The molecule has 1 atom stereocenters. The molecule has 0 bridgehead atoms. The number of furan rings is 1. The van der Waals surface area contributed by atoms with Crippen molar-refractivity contribution in [2.45, 2.75) is 26.8 Å². The van der Waals surface area contributed by atoms with Crippen LogP contribution >= 0.6 is 0 Å². The van der Waals surface area contributed by atoms with E-state index in [4.69, 9.17) is 4.42 Å². The topological polar surface area (TPSA) is 45.5 Å². The number of carbonyl (C=O) groups is 1. The Morgan fingerprint density at radius 3 is 2.53 bits per heavy atom. The second kappa shape index (κ2) is 5.36. The molecule has 0 aromatic carbocycles. The molecular weight excluding hydrogens is 216 g/mol. The zero-order valence-electron chi connectivity index (χ0n) is 11.3. The van der Waals surface area contributed by atoms with E-state index in [0.717, 1.165) is 5.76 Å². The lowest BCUT2D eigenvalue weighted by Crippen LogP contribution is -2.40. The van der Waals surface area contributed by atoms with E-state index in [1.807, 2.05) is 51.9 Å². The molecule has 0 aliphatic heterocycles. The van der Waals surface area contributed by atoms with Crippen LogP contribution in [0, 0.1) is 5.41 Å². The Balaban J connectivity index is 2.61. The summed E-state index contributed by atoms with van der Waals surface area (Å²) in [6, 6.07) is 3.85. The Bertz CT molecular complexity index is 350. The maximum absolute atomic E-state index is 11.8. The van der Waals surface area contributed by atoms with E-state index in [1.165, 1.54) is 0 Å². The molecule has 4 heteroatoms. The summed E-state index contributed by atoms with van der Waals surface area (Å²) in [5, 5.41) is 2.95. The van der Waals surface area contributed by atoms with Crippen molar-refractivity contribution in [3.63, 3.8) is 0 Å². The van der Waals surface area contributed by atoms with Crippen molar-refractivity contribution in [3.8, 4) is 0 Å². The molecule has 0 radical (unpaired) electrons. The molecule has 0 aliphatic rings. The molecular formula is C13H22N2O2. The average Bonchev–Trinajstić information content (AvgIpc) is 2.69. The summed E-state index contributed by atoms with van der Waals surface area (Å²) in [5.74, 6) is 0.917. The molecule has 1 amide bonds. The summed E-state index contributed by atoms with van der Waals surface area (Å²) in [6.45, 7) is 6.26. The highest BCUT2D eigenvalue weighted by molar-refractivity contribution is 5.81. The van der Waals surface area contributed by atoms with Crippen LogP contribution in [0.15, 0.2) is 22.8 Å². The van der Waals surface area contributed by atoms with Gasteiger partial charge < -0.3 is 9.73 Å². The van der Waals surface area contributed by atoms with E-state index in [2.05, 4.69) is 5.32 Å². The number of rotatable bonds is 4. The lowest BCUT2D eigenvalue weighted by molar-refractivity contribution is -0.128. The number of likely N-dealkylation sites (N-methyl/N-ethyl adjacent to an activating group) is 1. The van der Waals surface area contributed by atoms with Crippen LogP contribution in [0.1, 0.15) is 32.6 Å². The van der Waals surface area contributed by atoms with Crippen LogP contribution in [0.5, 0.6) is 0 Å². The van der Waals surface area contributed by atoms with Gasteiger partial charge in [0, 0.05) is 12.0 Å². The smallest absolute Gasteiger partial charge is 0.225 e. The highest BCUT2D eigenvalue weighted by Crippen LogP contribution is 2.19. The van der Waals surface area contributed by atoms with Gasteiger partial charge in [0.05, 0.1) is 12.3 Å². The molecule has 1 aromatic heterocycles. The normalized spacial score (nSPS) is 13.8. The lowest BCUT2D eigenvalue weighted by atomic mass is 9.95. The van der Waals surface area contributed by atoms with Gasteiger partial charge in [0.15, 0.2) is 0 Å². The Kier molecular flexibility index (Phi) is 4.34. The van der Waals surface area contributed by atoms with Gasteiger partial charge in [-0.15, -0.1) is 0 Å². The van der Waals surface area contributed by atoms with E-state index in [-0.39, 0.29) is 17.4 Å². The first-order chi connectivity index (χ1) is 7.82. The van der Waals surface area contributed by atoms with Crippen molar-refractivity contribution < 1.29 is 9.21 Å². The van der Waals surface area contributed by atoms with Crippen LogP contribution in [0.2, 0.25) is 0 Å². The zero-order valence-corrected chi connectivity index (χ0v) is 11.3. The first-order valence-corrected chi connectivity index (χ1v) is 5.80. The summed E-state index contributed by atoms with van der Waals surface area (Å²) in [5.41, 5.74) is -0.361. The third-order valence-electron chi connectivity index (χ3n) is 2.63. The van der Waals surface area contributed by atoms with Gasteiger partial charge >= 0.3 is 0 Å². The second-order valence-corrected chi connectivity index (χ2v) is 5.45. The zero-order chi connectivity index (χ0) is 13.1. The van der Waals surface area contributed by atoms with Crippen molar-refractivity contribution in [1.82, 2.24) is 10.2 Å². The Morgan fingerprint density at radius 2 is 2.12 bits per heavy atom.